The first-order valence-corrected chi connectivity index (χ1v) is 8.34. The molecule has 0 unspecified atom stereocenters. The summed E-state index contributed by atoms with van der Waals surface area (Å²) in [7, 11) is 1.56. The molecule has 0 saturated carbocycles. The van der Waals surface area contributed by atoms with Crippen molar-refractivity contribution in [2.24, 2.45) is 10.3 Å². The van der Waals surface area contributed by atoms with Gasteiger partial charge in [-0.1, -0.05) is 29.5 Å². The lowest BCUT2D eigenvalue weighted by molar-refractivity contribution is -0.123. The first-order chi connectivity index (χ1) is 12.6. The number of methoxy groups -OCH3 is 1. The fourth-order valence-electron chi connectivity index (χ4n) is 3.30. The molecule has 2 amide bonds. The van der Waals surface area contributed by atoms with E-state index in [0.717, 1.165) is 11.1 Å². The zero-order chi connectivity index (χ0) is 18.3. The molecule has 2 aliphatic rings. The molecular formula is C19H18N4O3. The minimum atomic E-state index is -0.784. The van der Waals surface area contributed by atoms with Crippen LogP contribution in [0.1, 0.15) is 11.1 Å². The zero-order valence-corrected chi connectivity index (χ0v) is 14.5. The van der Waals surface area contributed by atoms with E-state index < -0.39 is 12.1 Å². The van der Waals surface area contributed by atoms with Crippen LogP contribution < -0.4 is 9.64 Å². The third-order valence-corrected chi connectivity index (χ3v) is 4.78. The molecule has 0 aliphatic carbocycles. The van der Waals surface area contributed by atoms with Gasteiger partial charge in [-0.15, -0.1) is 0 Å². The lowest BCUT2D eigenvalue weighted by Crippen LogP contribution is -2.39. The van der Waals surface area contributed by atoms with Crippen LogP contribution in [-0.2, 0) is 16.1 Å². The number of aryl methyl sites for hydroxylation is 1. The highest BCUT2D eigenvalue weighted by molar-refractivity contribution is 6.25. The van der Waals surface area contributed by atoms with Gasteiger partial charge >= 0.3 is 0 Å². The van der Waals surface area contributed by atoms with Crippen molar-refractivity contribution in [2.75, 3.05) is 12.0 Å². The summed E-state index contributed by atoms with van der Waals surface area (Å²) >= 11 is 0. The number of hydrogen-bond acceptors (Lipinski definition) is 6. The number of hydrogen-bond donors (Lipinski definition) is 0. The lowest BCUT2D eigenvalue weighted by Gasteiger charge is -2.21. The smallest absolute Gasteiger partial charge is 0.263 e. The standard InChI is InChI=1S/C19H18N4O3/c1-12-5-3-4-6-13(12)11-22-17-16(20-21-22)18(24)23(19(17)25)14-7-9-15(26-2)10-8-14/h3-10,16-17H,11H2,1-2H3/t16-,17+/m1/s1. The van der Waals surface area contributed by atoms with E-state index in [0.29, 0.717) is 18.0 Å². The van der Waals surface area contributed by atoms with E-state index in [4.69, 9.17) is 4.74 Å². The Hall–Kier alpha value is -3.22. The van der Waals surface area contributed by atoms with Gasteiger partial charge in [0.25, 0.3) is 11.8 Å². The maximum Gasteiger partial charge on any atom is 0.263 e. The Balaban J connectivity index is 1.60. The topological polar surface area (TPSA) is 74.6 Å². The largest absolute Gasteiger partial charge is 0.497 e. The van der Waals surface area contributed by atoms with Gasteiger partial charge in [0, 0.05) is 0 Å². The van der Waals surface area contributed by atoms with Crippen molar-refractivity contribution in [3.05, 3.63) is 59.7 Å². The van der Waals surface area contributed by atoms with Crippen molar-refractivity contribution in [2.45, 2.75) is 25.6 Å². The van der Waals surface area contributed by atoms with Crippen molar-refractivity contribution >= 4 is 17.5 Å². The molecule has 7 nitrogen and oxygen atoms in total. The van der Waals surface area contributed by atoms with Gasteiger partial charge in [-0.05, 0) is 42.3 Å². The number of imide groups is 1. The Morgan fingerprint density at radius 1 is 1.04 bits per heavy atom. The summed E-state index contributed by atoms with van der Waals surface area (Å²) in [5.41, 5.74) is 2.67. The molecule has 2 aromatic carbocycles. The first kappa shape index (κ1) is 16.3. The molecule has 0 aromatic heterocycles. The van der Waals surface area contributed by atoms with E-state index in [-0.39, 0.29) is 11.8 Å². The minimum absolute atomic E-state index is 0.302. The van der Waals surface area contributed by atoms with Crippen molar-refractivity contribution in [1.82, 2.24) is 5.01 Å². The third kappa shape index (κ3) is 2.52. The van der Waals surface area contributed by atoms with Gasteiger partial charge in [-0.3, -0.25) is 14.6 Å². The normalized spacial score (nSPS) is 21.5. The van der Waals surface area contributed by atoms with Crippen LogP contribution in [0.5, 0.6) is 5.75 Å². The van der Waals surface area contributed by atoms with Crippen LogP contribution in [0.2, 0.25) is 0 Å². The predicted molar refractivity (Wildman–Crippen MR) is 94.6 cm³/mol. The molecule has 1 fully saturated rings. The van der Waals surface area contributed by atoms with E-state index in [1.165, 1.54) is 4.90 Å². The molecule has 0 bridgehead atoms. The average Bonchev–Trinajstić information content (AvgIpc) is 3.17. The zero-order valence-electron chi connectivity index (χ0n) is 14.5. The van der Waals surface area contributed by atoms with Crippen LogP contribution in [0.4, 0.5) is 5.69 Å². The number of ether oxygens (including phenoxy) is 1. The summed E-state index contributed by atoms with van der Waals surface area (Å²) < 4.78 is 5.12. The van der Waals surface area contributed by atoms with Gasteiger partial charge in [0.1, 0.15) is 5.75 Å². The maximum atomic E-state index is 13.0. The highest BCUT2D eigenvalue weighted by Crippen LogP contribution is 2.33. The summed E-state index contributed by atoms with van der Waals surface area (Å²) in [4.78, 5) is 26.9. The van der Waals surface area contributed by atoms with Gasteiger partial charge in [0.05, 0.1) is 19.3 Å². The van der Waals surface area contributed by atoms with Crippen LogP contribution in [0.15, 0.2) is 58.9 Å². The number of anilines is 1. The molecule has 0 N–H and O–H groups in total. The van der Waals surface area contributed by atoms with Gasteiger partial charge in [-0.2, -0.15) is 5.11 Å². The molecule has 4 rings (SSSR count). The van der Waals surface area contributed by atoms with Crippen LogP contribution in [0.25, 0.3) is 0 Å². The molecule has 1 saturated heterocycles. The third-order valence-electron chi connectivity index (χ3n) is 4.78. The Labute approximate surface area is 150 Å². The fourth-order valence-corrected chi connectivity index (χ4v) is 3.30. The molecule has 2 aromatic rings. The van der Waals surface area contributed by atoms with Crippen molar-refractivity contribution in [1.29, 1.82) is 0 Å². The van der Waals surface area contributed by atoms with Gasteiger partial charge < -0.3 is 4.74 Å². The van der Waals surface area contributed by atoms with Gasteiger partial charge in [0.2, 0.25) is 0 Å². The minimum Gasteiger partial charge on any atom is -0.497 e. The van der Waals surface area contributed by atoms with E-state index >= 15 is 0 Å². The Bertz CT molecular complexity index is 894. The van der Waals surface area contributed by atoms with Crippen molar-refractivity contribution < 1.29 is 14.3 Å². The number of carbonyl (C=O) groups excluding carboxylic acids is 2. The molecule has 26 heavy (non-hydrogen) atoms. The fraction of sp³-hybridized carbons (Fsp3) is 0.263. The van der Waals surface area contributed by atoms with Crippen molar-refractivity contribution in [3.63, 3.8) is 0 Å². The Morgan fingerprint density at radius 3 is 2.46 bits per heavy atom. The molecule has 0 radical (unpaired) electrons. The molecule has 2 heterocycles. The second kappa shape index (κ2) is 6.25. The number of carbonyl (C=O) groups is 2. The Kier molecular flexibility index (Phi) is 3.91. The molecule has 0 spiro atoms. The maximum absolute atomic E-state index is 13.0. The number of amides is 2. The molecule has 7 heteroatoms. The number of rotatable bonds is 4. The summed E-state index contributed by atoms with van der Waals surface area (Å²) in [5.74, 6) is 0.0128. The summed E-state index contributed by atoms with van der Waals surface area (Å²) in [6.45, 7) is 2.44. The second-order valence-corrected chi connectivity index (χ2v) is 6.33. The van der Waals surface area contributed by atoms with E-state index in [1.807, 2.05) is 31.2 Å². The quantitative estimate of drug-likeness (QED) is 0.794. The molecule has 132 valence electrons. The SMILES string of the molecule is COc1ccc(N2C(=O)[C@@H]3[C@@H](N=NN3Cc3ccccc3C)C2=O)cc1. The average molecular weight is 350 g/mol. The van der Waals surface area contributed by atoms with Crippen LogP contribution in [-0.4, -0.2) is 36.0 Å². The Morgan fingerprint density at radius 2 is 1.77 bits per heavy atom. The summed E-state index contributed by atoms with van der Waals surface area (Å²) in [6.07, 6.45) is 0. The van der Waals surface area contributed by atoms with Crippen LogP contribution >= 0.6 is 0 Å². The first-order valence-electron chi connectivity index (χ1n) is 8.34. The lowest BCUT2D eigenvalue weighted by atomic mass is 10.1. The molecular weight excluding hydrogens is 332 g/mol. The summed E-state index contributed by atoms with van der Waals surface area (Å²) in [6, 6.07) is 13.2. The highest BCUT2D eigenvalue weighted by atomic mass is 16.5. The van der Waals surface area contributed by atoms with E-state index in [1.54, 1.807) is 36.4 Å². The van der Waals surface area contributed by atoms with Gasteiger partial charge in [-0.25, -0.2) is 4.90 Å². The van der Waals surface area contributed by atoms with Gasteiger partial charge in [0.15, 0.2) is 12.1 Å². The molecule has 2 atom stereocenters. The number of nitrogens with zero attached hydrogens (tertiary/aromatic N) is 4. The number of fused-ring (bicyclic) bond motifs is 1. The molecule has 2 aliphatic heterocycles. The monoisotopic (exact) mass is 350 g/mol. The number of benzene rings is 2. The highest BCUT2D eigenvalue weighted by Gasteiger charge is 2.54. The van der Waals surface area contributed by atoms with Crippen LogP contribution in [0.3, 0.4) is 0 Å². The second-order valence-electron chi connectivity index (χ2n) is 6.33. The van der Waals surface area contributed by atoms with E-state index in [2.05, 4.69) is 10.3 Å². The van der Waals surface area contributed by atoms with Crippen LogP contribution in [0, 0.1) is 6.92 Å². The summed E-state index contributed by atoms with van der Waals surface area (Å²) in [5, 5.41) is 9.75. The van der Waals surface area contributed by atoms with Crippen molar-refractivity contribution in [3.8, 4) is 5.75 Å². The predicted octanol–water partition coefficient (Wildman–Crippen LogP) is 2.50. The van der Waals surface area contributed by atoms with E-state index in [9.17, 15) is 9.59 Å².